The van der Waals surface area contributed by atoms with Gasteiger partial charge in [-0.3, -0.25) is 0 Å². The topological polar surface area (TPSA) is 18.5 Å². The smallest absolute Gasteiger partial charge is 0.418 e. The average Bonchev–Trinajstić information content (AvgIpc) is 2.24. The highest BCUT2D eigenvalue weighted by Crippen LogP contribution is 2.44. The van der Waals surface area contributed by atoms with E-state index in [4.69, 9.17) is 16.8 Å². The van der Waals surface area contributed by atoms with Gasteiger partial charge in [-0.1, -0.05) is 0 Å². The van der Waals surface area contributed by atoms with Gasteiger partial charge < -0.3 is 13.2 Å². The van der Waals surface area contributed by atoms with Crippen molar-refractivity contribution in [2.75, 3.05) is 26.2 Å². The van der Waals surface area contributed by atoms with Crippen LogP contribution in [0.4, 0.5) is 0 Å². The van der Waals surface area contributed by atoms with Crippen LogP contribution in [0.5, 0.6) is 0 Å². The molecule has 3 heterocycles. The molecule has 0 aliphatic carbocycles. The molecule has 0 amide bonds. The van der Waals surface area contributed by atoms with Crippen molar-refractivity contribution in [2.24, 2.45) is 5.92 Å². The predicted octanol–water partition coefficient (Wildman–Crippen LogP) is 3.14. The van der Waals surface area contributed by atoms with E-state index in [-0.39, 0.29) is 5.60 Å². The van der Waals surface area contributed by atoms with E-state index in [0.717, 1.165) is 32.7 Å². The maximum atomic E-state index is 6.76. The molecule has 2 bridgehead atoms. The maximum absolute atomic E-state index is 6.76. The zero-order valence-corrected chi connectivity index (χ0v) is 16.9. The minimum atomic E-state index is -1.59. The standard InChI is InChI=1S/C15H33BNO2Si2/c1-20(2,3)18-12-9-15(19-21(4,5)6)13-17(16)10-7-14(15)8-11-17/h14H,7-13H2,1-6H3/q+1. The monoisotopic (exact) mass is 326 g/mol. The van der Waals surface area contributed by atoms with E-state index in [1.165, 1.54) is 12.8 Å². The highest BCUT2D eigenvalue weighted by Gasteiger charge is 2.55. The van der Waals surface area contributed by atoms with Gasteiger partial charge in [0.2, 0.25) is 0 Å². The highest BCUT2D eigenvalue weighted by atomic mass is 28.4. The van der Waals surface area contributed by atoms with Gasteiger partial charge in [0.1, 0.15) is 5.60 Å². The first-order valence-electron chi connectivity index (χ1n) is 8.42. The normalized spacial score (nSPS) is 37.0. The molecule has 3 aliphatic rings. The van der Waals surface area contributed by atoms with Crippen LogP contribution in [0, 0.1) is 5.92 Å². The van der Waals surface area contributed by atoms with Gasteiger partial charge in [-0.05, 0) is 39.3 Å². The first-order valence-corrected chi connectivity index (χ1v) is 15.2. The van der Waals surface area contributed by atoms with Crippen LogP contribution in [0.3, 0.4) is 0 Å². The van der Waals surface area contributed by atoms with Gasteiger partial charge in [-0.15, -0.1) is 0 Å². The summed E-state index contributed by atoms with van der Waals surface area (Å²) < 4.78 is 13.6. The van der Waals surface area contributed by atoms with Crippen molar-refractivity contribution in [1.82, 2.24) is 0 Å². The third kappa shape index (κ3) is 4.67. The molecule has 1 atom stereocenters. The minimum Gasteiger partial charge on any atom is -0.418 e. The van der Waals surface area contributed by atoms with E-state index in [1.807, 2.05) is 0 Å². The number of piperidine rings is 3. The number of hydrogen-bond acceptors (Lipinski definition) is 2. The van der Waals surface area contributed by atoms with Gasteiger partial charge in [0.25, 0.3) is 0 Å². The lowest BCUT2D eigenvalue weighted by atomic mass is 9.70. The molecule has 0 saturated carbocycles. The Hall–Kier alpha value is 0.379. The Morgan fingerprint density at radius 1 is 1.05 bits per heavy atom. The Bertz CT molecular complexity index is 369. The number of hydrogen-bond donors (Lipinski definition) is 0. The number of rotatable bonds is 6. The fourth-order valence-electron chi connectivity index (χ4n) is 4.02. The van der Waals surface area contributed by atoms with Crippen molar-refractivity contribution >= 4 is 24.6 Å². The van der Waals surface area contributed by atoms with Gasteiger partial charge in [-0.25, -0.2) is 0 Å². The van der Waals surface area contributed by atoms with Gasteiger partial charge in [0.15, 0.2) is 16.6 Å². The van der Waals surface area contributed by atoms with Crippen LogP contribution in [-0.2, 0) is 8.85 Å². The van der Waals surface area contributed by atoms with Crippen LogP contribution in [0.1, 0.15) is 19.3 Å². The fraction of sp³-hybridized carbons (Fsp3) is 1.00. The van der Waals surface area contributed by atoms with E-state index < -0.39 is 16.6 Å². The lowest BCUT2D eigenvalue weighted by Crippen LogP contribution is -2.70. The maximum Gasteiger partial charge on any atom is 0.481 e. The molecule has 3 fully saturated rings. The van der Waals surface area contributed by atoms with Gasteiger partial charge in [-0.2, -0.15) is 0 Å². The summed E-state index contributed by atoms with van der Waals surface area (Å²) in [5.41, 5.74) is -0.0324. The molecule has 2 radical (unpaired) electrons. The van der Waals surface area contributed by atoms with Crippen molar-refractivity contribution in [1.29, 1.82) is 0 Å². The largest absolute Gasteiger partial charge is 0.481 e. The van der Waals surface area contributed by atoms with E-state index in [2.05, 4.69) is 39.3 Å². The van der Waals surface area contributed by atoms with Crippen LogP contribution in [0.25, 0.3) is 0 Å². The van der Waals surface area contributed by atoms with Gasteiger partial charge in [0.05, 0.1) is 19.6 Å². The van der Waals surface area contributed by atoms with E-state index in [1.54, 1.807) is 0 Å². The van der Waals surface area contributed by atoms with Crippen molar-refractivity contribution in [3.8, 4) is 0 Å². The van der Waals surface area contributed by atoms with E-state index in [0.29, 0.717) is 10.3 Å². The third-order valence-electron chi connectivity index (χ3n) is 4.74. The summed E-state index contributed by atoms with van der Waals surface area (Å²) in [6, 6.07) is 0. The summed E-state index contributed by atoms with van der Waals surface area (Å²) in [5.74, 6) is 0.679. The molecule has 1 unspecified atom stereocenters. The summed E-state index contributed by atoms with van der Waals surface area (Å²) >= 11 is 0. The summed E-state index contributed by atoms with van der Waals surface area (Å²) in [4.78, 5) is 0. The zero-order valence-electron chi connectivity index (χ0n) is 14.9. The fourth-order valence-corrected chi connectivity index (χ4v) is 6.29. The summed E-state index contributed by atoms with van der Waals surface area (Å²) in [6.07, 6.45) is 3.45. The highest BCUT2D eigenvalue weighted by molar-refractivity contribution is 6.70. The van der Waals surface area contributed by atoms with Gasteiger partial charge in [0, 0.05) is 31.8 Å². The Balaban J connectivity index is 2.12. The van der Waals surface area contributed by atoms with Crippen molar-refractivity contribution in [3.63, 3.8) is 0 Å². The molecule has 0 aromatic heterocycles. The molecule has 0 aromatic rings. The quantitative estimate of drug-likeness (QED) is 0.698. The Kier molecular flexibility index (Phi) is 4.88. The van der Waals surface area contributed by atoms with Crippen LogP contribution in [-0.4, -0.2) is 60.9 Å². The third-order valence-corrected chi connectivity index (χ3v) is 6.83. The Morgan fingerprint density at radius 3 is 2.05 bits per heavy atom. The molecule has 3 nitrogen and oxygen atoms in total. The number of fused-ring (bicyclic) bond motifs is 3. The van der Waals surface area contributed by atoms with Crippen molar-refractivity contribution in [3.05, 3.63) is 0 Å². The van der Waals surface area contributed by atoms with Crippen LogP contribution >= 0.6 is 0 Å². The molecular weight excluding hydrogens is 293 g/mol. The average molecular weight is 326 g/mol. The van der Waals surface area contributed by atoms with Crippen LogP contribution < -0.4 is 0 Å². The first-order chi connectivity index (χ1) is 9.43. The Morgan fingerprint density at radius 2 is 1.62 bits per heavy atom. The minimum absolute atomic E-state index is 0.0324. The zero-order chi connectivity index (χ0) is 15.9. The second-order valence-corrected chi connectivity index (χ2v) is 18.0. The molecular formula is C15H33BNO2Si2+. The molecule has 3 aliphatic heterocycles. The van der Waals surface area contributed by atoms with Gasteiger partial charge >= 0.3 is 7.98 Å². The Labute approximate surface area is 134 Å². The lowest BCUT2D eigenvalue weighted by Gasteiger charge is -2.59. The molecule has 120 valence electrons. The molecule has 0 spiro atoms. The molecule has 0 aromatic carbocycles. The SMILES string of the molecule is [B][N+]12CCC(CC1)C(CCO[Si](C)(C)C)(O[Si](C)(C)C)C2. The van der Waals surface area contributed by atoms with E-state index in [9.17, 15) is 0 Å². The van der Waals surface area contributed by atoms with Crippen LogP contribution in [0.2, 0.25) is 39.3 Å². The molecule has 0 N–H and O–H groups in total. The molecule has 21 heavy (non-hydrogen) atoms. The molecule has 3 saturated heterocycles. The summed E-state index contributed by atoms with van der Waals surface area (Å²) in [6.45, 7) is 17.7. The molecule has 6 heteroatoms. The van der Waals surface area contributed by atoms with E-state index >= 15 is 0 Å². The number of quaternary nitrogens is 1. The predicted molar refractivity (Wildman–Crippen MR) is 94.4 cm³/mol. The lowest BCUT2D eigenvalue weighted by molar-refractivity contribution is -0.846. The second kappa shape index (κ2) is 5.78. The van der Waals surface area contributed by atoms with Crippen LogP contribution in [0.15, 0.2) is 0 Å². The number of nitrogens with zero attached hydrogens (tertiary/aromatic N) is 1. The molecule has 3 rings (SSSR count). The first kappa shape index (κ1) is 17.7. The van der Waals surface area contributed by atoms with Crippen molar-refractivity contribution in [2.45, 2.75) is 64.1 Å². The summed E-state index contributed by atoms with van der Waals surface area (Å²) in [5, 5.41) is 0. The summed E-state index contributed by atoms with van der Waals surface area (Å²) in [7, 11) is 3.54. The second-order valence-electron chi connectivity index (χ2n) is 9.09. The van der Waals surface area contributed by atoms with Crippen molar-refractivity contribution < 1.29 is 13.2 Å².